The minimum atomic E-state index is -0.382. The predicted molar refractivity (Wildman–Crippen MR) is 87.0 cm³/mol. The minimum Gasteiger partial charge on any atom is -0.493 e. The zero-order chi connectivity index (χ0) is 16.7. The molecule has 0 aliphatic carbocycles. The third-order valence-corrected chi connectivity index (χ3v) is 3.47. The van der Waals surface area contributed by atoms with Crippen LogP contribution in [0.15, 0.2) is 36.4 Å². The second-order valence-corrected chi connectivity index (χ2v) is 5.11. The highest BCUT2D eigenvalue weighted by atomic mass is 19.1. The van der Waals surface area contributed by atoms with Gasteiger partial charge in [0.1, 0.15) is 5.82 Å². The number of hydrogen-bond donors (Lipinski definition) is 2. The first-order chi connectivity index (χ1) is 11.2. The number of hydrogen-bond acceptors (Lipinski definition) is 4. The minimum absolute atomic E-state index is 0.296. The van der Waals surface area contributed by atoms with E-state index in [4.69, 9.17) is 14.6 Å². The van der Waals surface area contributed by atoms with E-state index in [9.17, 15) is 4.39 Å². The molecule has 0 saturated carbocycles. The van der Waals surface area contributed by atoms with Gasteiger partial charge in [0.2, 0.25) is 0 Å². The Hall–Kier alpha value is -2.11. The molecule has 0 spiro atoms. The average Bonchev–Trinajstić information content (AvgIpc) is 2.57. The van der Waals surface area contributed by atoms with E-state index < -0.39 is 0 Å². The normalized spacial score (nSPS) is 10.6. The van der Waals surface area contributed by atoms with Gasteiger partial charge in [-0.3, -0.25) is 0 Å². The van der Waals surface area contributed by atoms with Crippen molar-refractivity contribution in [2.45, 2.75) is 26.6 Å². The van der Waals surface area contributed by atoms with Crippen LogP contribution in [0.25, 0.3) is 0 Å². The summed E-state index contributed by atoms with van der Waals surface area (Å²) in [4.78, 5) is 0. The Morgan fingerprint density at radius 2 is 1.74 bits per heavy atom. The van der Waals surface area contributed by atoms with Crippen LogP contribution >= 0.6 is 0 Å². The lowest BCUT2D eigenvalue weighted by Crippen LogP contribution is -2.13. The number of nitrogens with one attached hydrogen (secondary N) is 1. The lowest BCUT2D eigenvalue weighted by atomic mass is 10.1. The van der Waals surface area contributed by atoms with Crippen molar-refractivity contribution < 1.29 is 19.0 Å². The topological polar surface area (TPSA) is 50.7 Å². The Balaban J connectivity index is 1.97. The molecule has 0 radical (unpaired) electrons. The largest absolute Gasteiger partial charge is 0.493 e. The van der Waals surface area contributed by atoms with E-state index in [-0.39, 0.29) is 12.4 Å². The summed E-state index contributed by atoms with van der Waals surface area (Å²) < 4.78 is 24.2. The van der Waals surface area contributed by atoms with E-state index in [1.165, 1.54) is 6.07 Å². The summed E-state index contributed by atoms with van der Waals surface area (Å²) >= 11 is 0. The van der Waals surface area contributed by atoms with Gasteiger partial charge in [-0.2, -0.15) is 0 Å². The molecule has 2 aromatic carbocycles. The van der Waals surface area contributed by atoms with Crippen molar-refractivity contribution in [3.63, 3.8) is 0 Å². The Kier molecular flexibility index (Phi) is 6.38. The van der Waals surface area contributed by atoms with Crippen LogP contribution in [-0.2, 0) is 19.7 Å². The standard InChI is InChI=1S/C18H22FNO3/c1-3-23-18-9-14(5-7-17(18)22-2)11-20-10-13-4-6-16(19)15(8-13)12-21/h4-9,20-21H,3,10-12H2,1-2H3. The van der Waals surface area contributed by atoms with Gasteiger partial charge < -0.3 is 19.9 Å². The van der Waals surface area contributed by atoms with Crippen LogP contribution in [-0.4, -0.2) is 18.8 Å². The van der Waals surface area contributed by atoms with Crippen molar-refractivity contribution in [2.24, 2.45) is 0 Å². The maximum atomic E-state index is 13.3. The van der Waals surface area contributed by atoms with Crippen LogP contribution in [0.5, 0.6) is 11.5 Å². The number of aliphatic hydroxyl groups excluding tert-OH is 1. The van der Waals surface area contributed by atoms with E-state index >= 15 is 0 Å². The smallest absolute Gasteiger partial charge is 0.161 e. The number of benzene rings is 2. The molecule has 0 aromatic heterocycles. The maximum absolute atomic E-state index is 13.3. The molecule has 5 heteroatoms. The molecule has 0 unspecified atom stereocenters. The Morgan fingerprint density at radius 3 is 2.39 bits per heavy atom. The van der Waals surface area contributed by atoms with Crippen LogP contribution in [0.4, 0.5) is 4.39 Å². The monoisotopic (exact) mass is 319 g/mol. The Bertz CT molecular complexity index is 646. The summed E-state index contributed by atoms with van der Waals surface area (Å²) in [6.45, 7) is 3.44. The molecule has 0 fully saturated rings. The Labute approximate surface area is 135 Å². The number of ether oxygens (including phenoxy) is 2. The SMILES string of the molecule is CCOc1cc(CNCc2ccc(F)c(CO)c2)ccc1OC. The predicted octanol–water partition coefficient (Wildman–Crippen LogP) is 3.02. The lowest BCUT2D eigenvalue weighted by Gasteiger charge is -2.12. The second-order valence-electron chi connectivity index (χ2n) is 5.11. The highest BCUT2D eigenvalue weighted by Gasteiger charge is 2.06. The molecule has 0 amide bonds. The first kappa shape index (κ1) is 17.2. The Morgan fingerprint density at radius 1 is 1.04 bits per heavy atom. The van der Waals surface area contributed by atoms with Gasteiger partial charge in [-0.25, -0.2) is 4.39 Å². The van der Waals surface area contributed by atoms with E-state index in [0.29, 0.717) is 31.0 Å². The van der Waals surface area contributed by atoms with Crippen molar-refractivity contribution in [2.75, 3.05) is 13.7 Å². The summed E-state index contributed by atoms with van der Waals surface area (Å²) in [5, 5.41) is 12.4. The molecule has 124 valence electrons. The molecule has 4 nitrogen and oxygen atoms in total. The quantitative estimate of drug-likeness (QED) is 0.785. The molecule has 2 N–H and O–H groups in total. The molecule has 0 saturated heterocycles. The third kappa shape index (κ3) is 4.68. The molecule has 0 atom stereocenters. The van der Waals surface area contributed by atoms with Gasteiger partial charge >= 0.3 is 0 Å². The summed E-state index contributed by atoms with van der Waals surface area (Å²) in [5.41, 5.74) is 2.31. The van der Waals surface area contributed by atoms with Crippen LogP contribution in [0, 0.1) is 5.82 Å². The fourth-order valence-corrected chi connectivity index (χ4v) is 2.31. The highest BCUT2D eigenvalue weighted by molar-refractivity contribution is 5.43. The van der Waals surface area contributed by atoms with E-state index in [0.717, 1.165) is 16.9 Å². The van der Waals surface area contributed by atoms with E-state index in [1.807, 2.05) is 25.1 Å². The van der Waals surface area contributed by atoms with E-state index in [1.54, 1.807) is 19.2 Å². The highest BCUT2D eigenvalue weighted by Crippen LogP contribution is 2.28. The molecule has 0 aliphatic rings. The molecule has 2 rings (SSSR count). The summed E-state index contributed by atoms with van der Waals surface area (Å²) in [7, 11) is 1.61. The van der Waals surface area contributed by atoms with Crippen molar-refractivity contribution in [1.29, 1.82) is 0 Å². The van der Waals surface area contributed by atoms with Crippen LogP contribution in [0.1, 0.15) is 23.6 Å². The van der Waals surface area contributed by atoms with Crippen molar-refractivity contribution in [3.05, 3.63) is 58.9 Å². The average molecular weight is 319 g/mol. The van der Waals surface area contributed by atoms with Gasteiger partial charge in [0.05, 0.1) is 20.3 Å². The van der Waals surface area contributed by atoms with Gasteiger partial charge in [-0.1, -0.05) is 12.1 Å². The van der Waals surface area contributed by atoms with Crippen molar-refractivity contribution in [1.82, 2.24) is 5.32 Å². The summed E-state index contributed by atoms with van der Waals surface area (Å²) in [5.74, 6) is 1.05. The maximum Gasteiger partial charge on any atom is 0.161 e. The summed E-state index contributed by atoms with van der Waals surface area (Å²) in [6.07, 6.45) is 0. The summed E-state index contributed by atoms with van der Waals surface area (Å²) in [6, 6.07) is 10.5. The fourth-order valence-electron chi connectivity index (χ4n) is 2.31. The van der Waals surface area contributed by atoms with E-state index in [2.05, 4.69) is 5.32 Å². The zero-order valence-electron chi connectivity index (χ0n) is 13.4. The molecule has 0 bridgehead atoms. The lowest BCUT2D eigenvalue weighted by molar-refractivity contribution is 0.275. The number of halogens is 1. The first-order valence-corrected chi connectivity index (χ1v) is 7.56. The molecular weight excluding hydrogens is 297 g/mol. The fraction of sp³-hybridized carbons (Fsp3) is 0.333. The zero-order valence-corrected chi connectivity index (χ0v) is 13.4. The van der Waals surface area contributed by atoms with Gasteiger partial charge in [-0.15, -0.1) is 0 Å². The van der Waals surface area contributed by atoms with Gasteiger partial charge in [0, 0.05) is 18.7 Å². The number of rotatable bonds is 8. The van der Waals surface area contributed by atoms with Crippen molar-refractivity contribution in [3.8, 4) is 11.5 Å². The van der Waals surface area contributed by atoms with Gasteiger partial charge in [0.15, 0.2) is 11.5 Å². The molecule has 2 aromatic rings. The molecule has 23 heavy (non-hydrogen) atoms. The van der Waals surface area contributed by atoms with Crippen molar-refractivity contribution >= 4 is 0 Å². The van der Waals surface area contributed by atoms with Gasteiger partial charge in [-0.05, 0) is 42.3 Å². The van der Waals surface area contributed by atoms with Gasteiger partial charge in [0.25, 0.3) is 0 Å². The van der Waals surface area contributed by atoms with Crippen LogP contribution in [0.2, 0.25) is 0 Å². The number of aliphatic hydroxyl groups is 1. The second kappa shape index (κ2) is 8.50. The van der Waals surface area contributed by atoms with Crippen LogP contribution in [0.3, 0.4) is 0 Å². The molecule has 0 heterocycles. The number of methoxy groups -OCH3 is 1. The first-order valence-electron chi connectivity index (χ1n) is 7.56. The molecular formula is C18H22FNO3. The van der Waals surface area contributed by atoms with Crippen LogP contribution < -0.4 is 14.8 Å². The third-order valence-electron chi connectivity index (χ3n) is 3.47. The molecule has 0 aliphatic heterocycles.